The van der Waals surface area contributed by atoms with Crippen LogP contribution in [0.15, 0.2) is 11.1 Å². The average molecular weight is 243 g/mol. The molecule has 90 valence electrons. The van der Waals surface area contributed by atoms with Crippen LogP contribution in [0.5, 0.6) is 0 Å². The first-order valence-corrected chi connectivity index (χ1v) is 7.05. The molecule has 0 bridgehead atoms. The average Bonchev–Trinajstić information content (AvgIpc) is 2.75. The Labute approximate surface area is 95.7 Å². The largest absolute Gasteiger partial charge is 0.281 e. The van der Waals surface area contributed by atoms with Crippen LogP contribution in [0.3, 0.4) is 0 Å². The maximum absolute atomic E-state index is 11.9. The summed E-state index contributed by atoms with van der Waals surface area (Å²) < 4.78 is 26.6. The fourth-order valence-corrected chi connectivity index (χ4v) is 3.41. The van der Waals surface area contributed by atoms with Gasteiger partial charge in [0.05, 0.1) is 11.9 Å². The lowest BCUT2D eigenvalue weighted by atomic mass is 10.2. The normalized spacial score (nSPS) is 24.6. The molecule has 2 unspecified atom stereocenters. The van der Waals surface area contributed by atoms with Gasteiger partial charge in [-0.1, -0.05) is 13.3 Å². The Hall–Kier alpha value is -0.880. The molecule has 16 heavy (non-hydrogen) atoms. The summed E-state index contributed by atoms with van der Waals surface area (Å²) in [5.74, 6) is 0.520. The maximum Gasteiger partial charge on any atom is 0.244 e. The second-order valence-electron chi connectivity index (χ2n) is 4.37. The Bertz CT molecular complexity index is 466. The third-order valence-electron chi connectivity index (χ3n) is 2.96. The van der Waals surface area contributed by atoms with E-state index in [9.17, 15) is 8.42 Å². The topological polar surface area (TPSA) is 74.8 Å². The van der Waals surface area contributed by atoms with E-state index in [1.165, 1.54) is 6.20 Å². The molecular formula is C10H17N3O2S. The van der Waals surface area contributed by atoms with E-state index in [1.54, 1.807) is 6.92 Å². The van der Waals surface area contributed by atoms with Crippen LogP contribution >= 0.6 is 0 Å². The van der Waals surface area contributed by atoms with Gasteiger partial charge in [-0.25, -0.2) is 13.1 Å². The summed E-state index contributed by atoms with van der Waals surface area (Å²) in [7, 11) is -3.38. The van der Waals surface area contributed by atoms with Gasteiger partial charge in [0.15, 0.2) is 0 Å². The summed E-state index contributed by atoms with van der Waals surface area (Å²) >= 11 is 0. The monoisotopic (exact) mass is 243 g/mol. The Morgan fingerprint density at radius 3 is 2.94 bits per heavy atom. The zero-order valence-electron chi connectivity index (χ0n) is 9.53. The second kappa shape index (κ2) is 4.18. The zero-order valence-corrected chi connectivity index (χ0v) is 10.3. The summed E-state index contributed by atoms with van der Waals surface area (Å²) in [4.78, 5) is 0.259. The lowest BCUT2D eigenvalue weighted by Crippen LogP contribution is -2.27. The lowest BCUT2D eigenvalue weighted by Gasteiger charge is -2.04. The molecule has 0 spiro atoms. The molecule has 0 aromatic carbocycles. The highest BCUT2D eigenvalue weighted by molar-refractivity contribution is 7.89. The number of aromatic amines is 1. The number of sulfonamides is 1. The van der Waals surface area contributed by atoms with Crippen molar-refractivity contribution in [2.24, 2.45) is 5.92 Å². The minimum atomic E-state index is -3.38. The predicted octanol–water partition coefficient (Wildman–Crippen LogP) is 1.19. The number of nitrogens with one attached hydrogen (secondary N) is 2. The molecular weight excluding hydrogens is 226 g/mol. The molecule has 1 fully saturated rings. The molecule has 1 aromatic rings. The number of H-pyrrole nitrogens is 1. The minimum Gasteiger partial charge on any atom is -0.281 e. The van der Waals surface area contributed by atoms with E-state index in [4.69, 9.17) is 0 Å². The molecule has 2 rings (SSSR count). The lowest BCUT2D eigenvalue weighted by molar-refractivity contribution is 0.572. The van der Waals surface area contributed by atoms with Crippen molar-refractivity contribution in [1.29, 1.82) is 0 Å². The van der Waals surface area contributed by atoms with E-state index in [0.717, 1.165) is 19.3 Å². The Kier molecular flexibility index (Phi) is 3.03. The Balaban J connectivity index is 2.03. The van der Waals surface area contributed by atoms with Gasteiger partial charge >= 0.3 is 0 Å². The standard InChI is InChI=1S/C10H17N3O2S/c1-3-4-8-5-9(8)13-16(14,15)10-6-11-12-7(10)2/h6,8-9,13H,3-5H2,1-2H3,(H,11,12). The highest BCUT2D eigenvalue weighted by Gasteiger charge is 2.39. The fourth-order valence-electron chi connectivity index (χ4n) is 1.96. The highest BCUT2D eigenvalue weighted by atomic mass is 32.2. The van der Waals surface area contributed by atoms with Crippen molar-refractivity contribution in [3.8, 4) is 0 Å². The van der Waals surface area contributed by atoms with Crippen molar-refractivity contribution in [2.75, 3.05) is 0 Å². The molecule has 1 saturated carbocycles. The van der Waals surface area contributed by atoms with Crippen molar-refractivity contribution < 1.29 is 8.42 Å². The van der Waals surface area contributed by atoms with Crippen LogP contribution < -0.4 is 4.72 Å². The zero-order chi connectivity index (χ0) is 11.8. The first-order chi connectivity index (χ1) is 7.54. The van der Waals surface area contributed by atoms with Crippen molar-refractivity contribution >= 4 is 10.0 Å². The van der Waals surface area contributed by atoms with E-state index >= 15 is 0 Å². The Morgan fingerprint density at radius 2 is 2.38 bits per heavy atom. The van der Waals surface area contributed by atoms with E-state index in [2.05, 4.69) is 21.8 Å². The van der Waals surface area contributed by atoms with Crippen LogP contribution in [-0.2, 0) is 10.0 Å². The number of aryl methyl sites for hydroxylation is 1. The van der Waals surface area contributed by atoms with Crippen LogP contribution in [-0.4, -0.2) is 24.7 Å². The number of aromatic nitrogens is 2. The van der Waals surface area contributed by atoms with Crippen LogP contribution in [0.2, 0.25) is 0 Å². The number of nitrogens with zero attached hydrogens (tertiary/aromatic N) is 1. The summed E-state index contributed by atoms with van der Waals surface area (Å²) in [6, 6.07) is 0.124. The third-order valence-corrected chi connectivity index (χ3v) is 4.57. The molecule has 0 radical (unpaired) electrons. The van der Waals surface area contributed by atoms with E-state index < -0.39 is 10.0 Å². The summed E-state index contributed by atoms with van der Waals surface area (Å²) in [5.41, 5.74) is 0.584. The van der Waals surface area contributed by atoms with E-state index in [0.29, 0.717) is 11.6 Å². The molecule has 1 aromatic heterocycles. The smallest absolute Gasteiger partial charge is 0.244 e. The van der Waals surface area contributed by atoms with Gasteiger partial charge in [0, 0.05) is 6.04 Å². The molecule has 0 amide bonds. The second-order valence-corrected chi connectivity index (χ2v) is 6.05. The van der Waals surface area contributed by atoms with Gasteiger partial charge in [0.1, 0.15) is 4.90 Å². The van der Waals surface area contributed by atoms with Crippen LogP contribution in [0.1, 0.15) is 31.9 Å². The van der Waals surface area contributed by atoms with E-state index in [-0.39, 0.29) is 10.9 Å². The first kappa shape index (κ1) is 11.6. The van der Waals surface area contributed by atoms with Gasteiger partial charge in [0.2, 0.25) is 10.0 Å². The molecule has 2 N–H and O–H groups in total. The molecule has 0 saturated heterocycles. The Morgan fingerprint density at radius 1 is 1.62 bits per heavy atom. The molecule has 1 aliphatic rings. The van der Waals surface area contributed by atoms with Crippen molar-refractivity contribution in [2.45, 2.75) is 44.0 Å². The SMILES string of the molecule is CCCC1CC1NS(=O)(=O)c1cn[nH]c1C. The molecule has 1 aliphatic carbocycles. The first-order valence-electron chi connectivity index (χ1n) is 5.57. The fraction of sp³-hybridized carbons (Fsp3) is 0.700. The van der Waals surface area contributed by atoms with E-state index in [1.807, 2.05) is 0 Å². The number of hydrogen-bond donors (Lipinski definition) is 2. The maximum atomic E-state index is 11.9. The van der Waals surface area contributed by atoms with Gasteiger partial charge in [-0.15, -0.1) is 0 Å². The minimum absolute atomic E-state index is 0.124. The third kappa shape index (κ3) is 2.27. The molecule has 6 heteroatoms. The van der Waals surface area contributed by atoms with Crippen molar-refractivity contribution in [3.63, 3.8) is 0 Å². The van der Waals surface area contributed by atoms with Gasteiger partial charge in [0.25, 0.3) is 0 Å². The van der Waals surface area contributed by atoms with Crippen molar-refractivity contribution in [1.82, 2.24) is 14.9 Å². The van der Waals surface area contributed by atoms with Crippen LogP contribution in [0, 0.1) is 12.8 Å². The van der Waals surface area contributed by atoms with Gasteiger partial charge in [-0.3, -0.25) is 5.10 Å². The summed E-state index contributed by atoms with van der Waals surface area (Å²) in [6.07, 6.45) is 4.52. The van der Waals surface area contributed by atoms with Crippen LogP contribution in [0.25, 0.3) is 0 Å². The summed E-state index contributed by atoms with van der Waals surface area (Å²) in [5, 5.41) is 6.36. The van der Waals surface area contributed by atoms with Crippen LogP contribution in [0.4, 0.5) is 0 Å². The molecule has 5 nitrogen and oxygen atoms in total. The van der Waals surface area contributed by atoms with Crippen molar-refractivity contribution in [3.05, 3.63) is 11.9 Å². The molecule has 1 heterocycles. The molecule has 0 aliphatic heterocycles. The quantitative estimate of drug-likeness (QED) is 0.815. The highest BCUT2D eigenvalue weighted by Crippen LogP contribution is 2.35. The van der Waals surface area contributed by atoms with Gasteiger partial charge < -0.3 is 0 Å². The van der Waals surface area contributed by atoms with Gasteiger partial charge in [-0.05, 0) is 25.7 Å². The molecule has 2 atom stereocenters. The predicted molar refractivity (Wildman–Crippen MR) is 60.4 cm³/mol. The van der Waals surface area contributed by atoms with Gasteiger partial charge in [-0.2, -0.15) is 5.10 Å². The summed E-state index contributed by atoms with van der Waals surface area (Å²) in [6.45, 7) is 3.82. The number of rotatable bonds is 5. The number of hydrogen-bond acceptors (Lipinski definition) is 3.